The molecule has 3 rings (SSSR count). The van der Waals surface area contributed by atoms with E-state index in [4.69, 9.17) is 16.6 Å². The number of piperidine rings is 1. The molecular formula is C18H31N9O5S2. The lowest BCUT2D eigenvalue weighted by Gasteiger charge is -2.35. The van der Waals surface area contributed by atoms with Crippen LogP contribution in [0, 0.1) is 5.92 Å². The fourth-order valence-electron chi connectivity index (χ4n) is 4.03. The first-order valence-corrected chi connectivity index (χ1v) is 13.9. The molecule has 0 radical (unpaired) electrons. The van der Waals surface area contributed by atoms with E-state index >= 15 is 0 Å². The Kier molecular flexibility index (Phi) is 8.56. The molecule has 1 atom stereocenters. The number of aliphatic hydroxyl groups excluding tert-OH is 1. The molecule has 0 bridgehead atoms. The van der Waals surface area contributed by atoms with Crippen LogP contribution >= 0.6 is 0 Å². The molecule has 1 aliphatic heterocycles. The molecule has 1 aromatic carbocycles. The third kappa shape index (κ3) is 6.07. The summed E-state index contributed by atoms with van der Waals surface area (Å²) in [5.74, 6) is 0.396. The molecule has 0 spiro atoms. The van der Waals surface area contributed by atoms with Crippen molar-refractivity contribution in [1.29, 1.82) is 0 Å². The molecule has 1 aliphatic rings. The minimum atomic E-state index is -4.57. The highest BCUT2D eigenvalue weighted by Gasteiger charge is 2.34. The second-order valence-electron chi connectivity index (χ2n) is 8.17. The maximum Gasteiger partial charge on any atom is 0.242 e. The summed E-state index contributed by atoms with van der Waals surface area (Å²) in [7, 11) is -8.97. The smallest absolute Gasteiger partial charge is 0.242 e. The monoisotopic (exact) mass is 517 g/mol. The molecule has 0 amide bonds. The summed E-state index contributed by atoms with van der Waals surface area (Å²) in [5, 5.41) is 28.7. The molecule has 14 nitrogen and oxygen atoms in total. The van der Waals surface area contributed by atoms with Crippen LogP contribution in [0.1, 0.15) is 25.7 Å². The summed E-state index contributed by atoms with van der Waals surface area (Å²) >= 11 is 0. The number of benzene rings is 1. The predicted molar refractivity (Wildman–Crippen MR) is 124 cm³/mol. The predicted octanol–water partition coefficient (Wildman–Crippen LogP) is -1.93. The van der Waals surface area contributed by atoms with Gasteiger partial charge in [-0.15, -0.1) is 10.2 Å². The van der Waals surface area contributed by atoms with E-state index in [0.717, 1.165) is 25.7 Å². The molecule has 2 heterocycles. The lowest BCUT2D eigenvalue weighted by Crippen LogP contribution is -2.37. The number of primary sulfonamides is 1. The fourth-order valence-corrected chi connectivity index (χ4v) is 6.70. The van der Waals surface area contributed by atoms with Crippen molar-refractivity contribution in [2.24, 2.45) is 22.5 Å². The second kappa shape index (κ2) is 11.0. The van der Waals surface area contributed by atoms with Crippen molar-refractivity contribution < 1.29 is 21.9 Å². The lowest BCUT2D eigenvalue weighted by molar-refractivity contribution is 0.186. The summed E-state index contributed by atoms with van der Waals surface area (Å²) in [6, 6.07) is 2.69. The van der Waals surface area contributed by atoms with Crippen LogP contribution < -0.4 is 26.2 Å². The lowest BCUT2D eigenvalue weighted by atomic mass is 9.91. The van der Waals surface area contributed by atoms with E-state index in [-0.39, 0.29) is 17.9 Å². The number of aromatic nitrogens is 4. The molecule has 9 N–H and O–H groups in total. The zero-order valence-corrected chi connectivity index (χ0v) is 20.2. The number of tetrazole rings is 1. The quantitative estimate of drug-likeness (QED) is 0.192. The van der Waals surface area contributed by atoms with Crippen LogP contribution in [0.3, 0.4) is 0 Å². The van der Waals surface area contributed by atoms with Crippen molar-refractivity contribution in [1.82, 2.24) is 25.3 Å². The van der Waals surface area contributed by atoms with E-state index in [1.165, 1.54) is 12.1 Å². The molecule has 34 heavy (non-hydrogen) atoms. The van der Waals surface area contributed by atoms with Gasteiger partial charge in [0.1, 0.15) is 9.79 Å². The molecule has 190 valence electrons. The van der Waals surface area contributed by atoms with Crippen LogP contribution in [0.25, 0.3) is 11.4 Å². The number of aromatic amines is 1. The number of nitrogens with zero attached hydrogens (tertiary/aromatic N) is 4. The molecular weight excluding hydrogens is 486 g/mol. The average Bonchev–Trinajstić information content (AvgIpc) is 3.34. The maximum absolute atomic E-state index is 13.0. The zero-order chi connectivity index (χ0) is 24.9. The van der Waals surface area contributed by atoms with Gasteiger partial charge in [0.05, 0.1) is 11.7 Å². The summed E-state index contributed by atoms with van der Waals surface area (Å²) in [5.41, 5.74) is 11.3. The Balaban J connectivity index is 2.09. The normalized spacial score (nSPS) is 16.6. The van der Waals surface area contributed by atoms with Crippen molar-refractivity contribution in [3.63, 3.8) is 0 Å². The summed E-state index contributed by atoms with van der Waals surface area (Å²) < 4.78 is 53.6. The van der Waals surface area contributed by atoms with E-state index < -0.39 is 42.5 Å². The molecule has 0 saturated carbocycles. The summed E-state index contributed by atoms with van der Waals surface area (Å²) in [6.45, 7) is 1.29. The van der Waals surface area contributed by atoms with Crippen molar-refractivity contribution in [3.8, 4) is 11.4 Å². The minimum Gasteiger partial charge on any atom is -0.390 e. The van der Waals surface area contributed by atoms with Gasteiger partial charge in [-0.25, -0.2) is 26.7 Å². The maximum atomic E-state index is 13.0. The Labute approximate surface area is 198 Å². The first kappa shape index (κ1) is 26.4. The number of nitrogens with one attached hydrogen (secondary N) is 2. The Morgan fingerprint density at radius 3 is 2.47 bits per heavy atom. The molecule has 16 heteroatoms. The van der Waals surface area contributed by atoms with E-state index in [0.29, 0.717) is 31.2 Å². The second-order valence-corrected chi connectivity index (χ2v) is 11.4. The van der Waals surface area contributed by atoms with Gasteiger partial charge in [-0.1, -0.05) is 0 Å². The van der Waals surface area contributed by atoms with Crippen LogP contribution in [0.15, 0.2) is 21.9 Å². The van der Waals surface area contributed by atoms with Crippen LogP contribution in [-0.2, 0) is 20.0 Å². The van der Waals surface area contributed by atoms with Gasteiger partial charge < -0.3 is 21.5 Å². The molecule has 1 aromatic heterocycles. The van der Waals surface area contributed by atoms with E-state index in [2.05, 4.69) is 25.3 Å². The highest BCUT2D eigenvalue weighted by Crippen LogP contribution is 2.39. The third-order valence-electron chi connectivity index (χ3n) is 5.80. The van der Waals surface area contributed by atoms with Gasteiger partial charge in [-0.05, 0) is 55.5 Å². The Bertz CT molecular complexity index is 1160. The number of H-pyrrole nitrogens is 1. The number of anilines is 1. The van der Waals surface area contributed by atoms with Crippen molar-refractivity contribution in [2.75, 3.05) is 37.6 Å². The van der Waals surface area contributed by atoms with Crippen LogP contribution in [0.4, 0.5) is 5.69 Å². The van der Waals surface area contributed by atoms with Gasteiger partial charge in [-0.3, -0.25) is 0 Å². The van der Waals surface area contributed by atoms with Crippen molar-refractivity contribution >= 4 is 25.7 Å². The summed E-state index contributed by atoms with van der Waals surface area (Å²) in [4.78, 5) is 0.730. The summed E-state index contributed by atoms with van der Waals surface area (Å²) in [6.07, 6.45) is 2.54. The van der Waals surface area contributed by atoms with Gasteiger partial charge in [-0.2, -0.15) is 5.21 Å². The molecule has 1 saturated heterocycles. The molecule has 0 aliphatic carbocycles. The third-order valence-corrected chi connectivity index (χ3v) is 8.38. The fraction of sp³-hybridized carbons (Fsp3) is 0.611. The number of hydrogen-bond acceptors (Lipinski definition) is 11. The first-order chi connectivity index (χ1) is 16.1. The molecule has 0 unspecified atom stereocenters. The average molecular weight is 518 g/mol. The molecule has 2 aromatic rings. The number of sulfonamides is 2. The van der Waals surface area contributed by atoms with Crippen LogP contribution in [-0.4, -0.2) is 81.4 Å². The van der Waals surface area contributed by atoms with Crippen molar-refractivity contribution in [3.05, 3.63) is 12.1 Å². The number of aliphatic hydroxyl groups is 1. The van der Waals surface area contributed by atoms with Crippen molar-refractivity contribution in [2.45, 2.75) is 41.6 Å². The first-order valence-electron chi connectivity index (χ1n) is 10.8. The highest BCUT2D eigenvalue weighted by molar-refractivity contribution is 7.92. The van der Waals surface area contributed by atoms with E-state index in [1.54, 1.807) is 0 Å². The number of hydrogen-bond donors (Lipinski definition) is 6. The van der Waals surface area contributed by atoms with E-state index in [9.17, 15) is 21.9 Å². The van der Waals surface area contributed by atoms with Gasteiger partial charge in [0.15, 0.2) is 0 Å². The van der Waals surface area contributed by atoms with E-state index in [1.807, 2.05) is 4.90 Å². The SMILES string of the molecule is NCCCC1CCN(c2ccc(S(=O)(=O)NC[C@H](O)CN)c(S(N)(=O)=O)c2-c2nn[nH]n2)CC1. The number of nitrogens with two attached hydrogens (primary N) is 3. The Hall–Kier alpha value is -2.21. The topological polar surface area (TPSA) is 236 Å². The largest absolute Gasteiger partial charge is 0.390 e. The molecule has 1 fully saturated rings. The van der Waals surface area contributed by atoms with Crippen LogP contribution in [0.5, 0.6) is 0 Å². The highest BCUT2D eigenvalue weighted by atomic mass is 32.2. The zero-order valence-electron chi connectivity index (χ0n) is 18.6. The van der Waals surface area contributed by atoms with Gasteiger partial charge >= 0.3 is 0 Å². The standard InChI is InChI=1S/C18H31N9O5S2/c19-7-1-2-12-5-8-27(9-6-12)14-3-4-15(34(31,32)22-11-13(28)10-20)17(33(21,29)30)16(14)18-23-25-26-24-18/h3-4,12-13,22,28H,1-2,5-11,19-20H2,(H2,21,29,30)(H,23,24,25,26)/t13-/m1/s1. The van der Waals surface area contributed by atoms with Gasteiger partial charge in [0, 0.05) is 31.9 Å². The number of rotatable bonds is 11. The van der Waals surface area contributed by atoms with Gasteiger partial charge in [0.25, 0.3) is 0 Å². The van der Waals surface area contributed by atoms with Gasteiger partial charge in [0.2, 0.25) is 25.9 Å². The van der Waals surface area contributed by atoms with Crippen LogP contribution in [0.2, 0.25) is 0 Å². The Morgan fingerprint density at radius 1 is 1.21 bits per heavy atom. The Morgan fingerprint density at radius 2 is 1.91 bits per heavy atom. The minimum absolute atomic E-state index is 0.0566.